The van der Waals surface area contributed by atoms with Crippen molar-refractivity contribution in [2.24, 2.45) is 11.8 Å². The van der Waals surface area contributed by atoms with Crippen molar-refractivity contribution in [3.8, 4) is 0 Å². The Balaban J connectivity index is 2.06. The molecule has 1 saturated carbocycles. The van der Waals surface area contributed by atoms with Crippen molar-refractivity contribution in [1.82, 2.24) is 0 Å². The minimum absolute atomic E-state index is 1.11. The number of rotatable bonds is 10. The highest BCUT2D eigenvalue weighted by Crippen LogP contribution is 2.38. The quantitative estimate of drug-likeness (QED) is 0.389. The monoisotopic (exact) mass is 238 g/mol. The van der Waals surface area contributed by atoms with Gasteiger partial charge in [0.15, 0.2) is 0 Å². The highest BCUT2D eigenvalue weighted by molar-refractivity contribution is 4.77. The summed E-state index contributed by atoms with van der Waals surface area (Å²) >= 11 is 0. The van der Waals surface area contributed by atoms with E-state index >= 15 is 0 Å². The van der Waals surface area contributed by atoms with E-state index in [1.54, 1.807) is 25.7 Å². The van der Waals surface area contributed by atoms with Crippen LogP contribution in [0.3, 0.4) is 0 Å². The Morgan fingerprint density at radius 2 is 1.12 bits per heavy atom. The molecule has 0 aromatic heterocycles. The Bertz CT molecular complexity index is 143. The maximum Gasteiger partial charge on any atom is -0.0386 e. The van der Waals surface area contributed by atoms with E-state index in [4.69, 9.17) is 0 Å². The summed E-state index contributed by atoms with van der Waals surface area (Å²) in [6.45, 7) is 4.62. The lowest BCUT2D eigenvalue weighted by atomic mass is 9.87. The summed E-state index contributed by atoms with van der Waals surface area (Å²) in [6.07, 6.45) is 19.3. The van der Waals surface area contributed by atoms with Crippen LogP contribution in [0.5, 0.6) is 0 Å². The van der Waals surface area contributed by atoms with Gasteiger partial charge < -0.3 is 0 Å². The van der Waals surface area contributed by atoms with Crippen molar-refractivity contribution in [1.29, 1.82) is 0 Å². The Morgan fingerprint density at radius 1 is 0.647 bits per heavy atom. The van der Waals surface area contributed by atoms with E-state index in [9.17, 15) is 0 Å². The van der Waals surface area contributed by atoms with Crippen molar-refractivity contribution in [2.45, 2.75) is 97.3 Å². The van der Waals surface area contributed by atoms with Gasteiger partial charge in [-0.25, -0.2) is 0 Å². The van der Waals surface area contributed by atoms with E-state index in [0.717, 1.165) is 11.8 Å². The molecule has 1 aliphatic rings. The first-order chi connectivity index (χ1) is 8.38. The molecule has 0 heteroatoms. The third kappa shape index (κ3) is 6.48. The van der Waals surface area contributed by atoms with Gasteiger partial charge in [-0.15, -0.1) is 0 Å². The number of hydrogen-bond donors (Lipinski definition) is 0. The van der Waals surface area contributed by atoms with Crippen LogP contribution in [0.15, 0.2) is 0 Å². The van der Waals surface area contributed by atoms with Crippen LogP contribution < -0.4 is 0 Å². The summed E-state index contributed by atoms with van der Waals surface area (Å²) in [6, 6.07) is 0. The van der Waals surface area contributed by atoms with Gasteiger partial charge in [0.25, 0.3) is 0 Å². The average molecular weight is 238 g/mol. The van der Waals surface area contributed by atoms with Crippen LogP contribution in [0.25, 0.3) is 0 Å². The van der Waals surface area contributed by atoms with Crippen LogP contribution >= 0.6 is 0 Å². The van der Waals surface area contributed by atoms with Crippen molar-refractivity contribution in [2.75, 3.05) is 0 Å². The smallest absolute Gasteiger partial charge is 0.0386 e. The Kier molecular flexibility index (Phi) is 8.83. The molecule has 0 aromatic carbocycles. The van der Waals surface area contributed by atoms with Gasteiger partial charge in [0.2, 0.25) is 0 Å². The third-order valence-corrected chi connectivity index (χ3v) is 4.67. The van der Waals surface area contributed by atoms with E-state index in [1.165, 1.54) is 57.8 Å². The van der Waals surface area contributed by atoms with Crippen molar-refractivity contribution in [3.05, 3.63) is 0 Å². The van der Waals surface area contributed by atoms with Gasteiger partial charge in [-0.2, -0.15) is 0 Å². The van der Waals surface area contributed by atoms with Crippen LogP contribution in [0.4, 0.5) is 0 Å². The molecule has 2 unspecified atom stereocenters. The van der Waals surface area contributed by atoms with Crippen LogP contribution in [0, 0.1) is 11.8 Å². The Labute approximate surface area is 110 Å². The molecule has 0 spiro atoms. The molecule has 0 radical (unpaired) electrons. The summed E-state index contributed by atoms with van der Waals surface area (Å²) in [7, 11) is 0. The maximum atomic E-state index is 2.31. The lowest BCUT2D eigenvalue weighted by Crippen LogP contribution is -2.08. The normalized spacial score (nSPS) is 24.4. The maximum absolute atomic E-state index is 2.31. The zero-order chi connectivity index (χ0) is 12.3. The lowest BCUT2D eigenvalue weighted by molar-refractivity contribution is 0.323. The minimum Gasteiger partial charge on any atom is -0.0654 e. The Morgan fingerprint density at radius 3 is 1.53 bits per heavy atom. The van der Waals surface area contributed by atoms with Gasteiger partial charge in [-0.05, 0) is 11.8 Å². The zero-order valence-electron chi connectivity index (χ0n) is 12.3. The highest BCUT2D eigenvalue weighted by atomic mass is 14.3. The predicted octanol–water partition coefficient (Wildman–Crippen LogP) is 6.34. The summed E-state index contributed by atoms with van der Waals surface area (Å²) in [5.74, 6) is 2.21. The second-order valence-electron chi connectivity index (χ2n) is 6.15. The average Bonchev–Trinajstić information content (AvgIpc) is 2.78. The Hall–Kier alpha value is 0. The molecule has 0 bridgehead atoms. The third-order valence-electron chi connectivity index (χ3n) is 4.67. The minimum atomic E-state index is 1.11. The van der Waals surface area contributed by atoms with Crippen LogP contribution in [-0.2, 0) is 0 Å². The van der Waals surface area contributed by atoms with Gasteiger partial charge in [0, 0.05) is 0 Å². The highest BCUT2D eigenvalue weighted by Gasteiger charge is 2.25. The van der Waals surface area contributed by atoms with E-state index < -0.39 is 0 Å². The largest absolute Gasteiger partial charge is 0.0654 e. The summed E-state index contributed by atoms with van der Waals surface area (Å²) in [5, 5.41) is 0. The van der Waals surface area contributed by atoms with Crippen LogP contribution in [0.2, 0.25) is 0 Å². The fourth-order valence-electron chi connectivity index (χ4n) is 3.54. The second-order valence-corrected chi connectivity index (χ2v) is 6.15. The van der Waals surface area contributed by atoms with Crippen molar-refractivity contribution in [3.63, 3.8) is 0 Å². The fourth-order valence-corrected chi connectivity index (χ4v) is 3.54. The van der Waals surface area contributed by atoms with Gasteiger partial charge in [0.1, 0.15) is 0 Å². The van der Waals surface area contributed by atoms with E-state index in [1.807, 2.05) is 0 Å². The van der Waals surface area contributed by atoms with Crippen LogP contribution in [0.1, 0.15) is 97.3 Å². The predicted molar refractivity (Wildman–Crippen MR) is 78.3 cm³/mol. The van der Waals surface area contributed by atoms with Gasteiger partial charge >= 0.3 is 0 Å². The number of unbranched alkanes of at least 4 members (excludes halogenated alkanes) is 6. The first-order valence-corrected chi connectivity index (χ1v) is 8.38. The first kappa shape index (κ1) is 15.1. The molecule has 0 aliphatic heterocycles. The molecule has 102 valence electrons. The molecule has 0 heterocycles. The molecule has 0 N–H and O–H groups in total. The molecule has 1 aliphatic carbocycles. The molecule has 1 fully saturated rings. The molecular weight excluding hydrogens is 204 g/mol. The molecular formula is C17H34. The van der Waals surface area contributed by atoms with Gasteiger partial charge in [-0.1, -0.05) is 97.3 Å². The summed E-state index contributed by atoms with van der Waals surface area (Å²) < 4.78 is 0. The molecule has 0 amide bonds. The molecule has 0 nitrogen and oxygen atoms in total. The fraction of sp³-hybridized carbons (Fsp3) is 1.00. The second kappa shape index (κ2) is 9.97. The SMILES string of the molecule is CCCCCCC1CCCC1CCCCCC. The van der Waals surface area contributed by atoms with E-state index in [0.29, 0.717) is 0 Å². The lowest BCUT2D eigenvalue weighted by Gasteiger charge is -2.19. The van der Waals surface area contributed by atoms with Crippen molar-refractivity contribution < 1.29 is 0 Å². The molecule has 2 atom stereocenters. The molecule has 1 rings (SSSR count). The van der Waals surface area contributed by atoms with E-state index in [2.05, 4.69) is 13.8 Å². The molecule has 0 aromatic rings. The van der Waals surface area contributed by atoms with Crippen molar-refractivity contribution >= 4 is 0 Å². The molecule has 17 heavy (non-hydrogen) atoms. The number of hydrogen-bond acceptors (Lipinski definition) is 0. The zero-order valence-corrected chi connectivity index (χ0v) is 12.3. The van der Waals surface area contributed by atoms with Crippen LogP contribution in [-0.4, -0.2) is 0 Å². The topological polar surface area (TPSA) is 0 Å². The van der Waals surface area contributed by atoms with E-state index in [-0.39, 0.29) is 0 Å². The standard InChI is InChI=1S/C17H34/c1-3-5-7-9-12-16-14-11-15-17(16)13-10-8-6-4-2/h16-17H,3-15H2,1-2H3. The summed E-state index contributed by atoms with van der Waals surface area (Å²) in [4.78, 5) is 0. The van der Waals surface area contributed by atoms with Gasteiger partial charge in [0.05, 0.1) is 0 Å². The van der Waals surface area contributed by atoms with Gasteiger partial charge in [-0.3, -0.25) is 0 Å². The first-order valence-electron chi connectivity index (χ1n) is 8.38. The molecule has 0 saturated heterocycles. The summed E-state index contributed by atoms with van der Waals surface area (Å²) in [5.41, 5.74) is 0.